The maximum absolute atomic E-state index is 11.8. The predicted molar refractivity (Wildman–Crippen MR) is 70.5 cm³/mol. The molecule has 0 aliphatic carbocycles. The van der Waals surface area contributed by atoms with E-state index in [0.29, 0.717) is 6.42 Å². The van der Waals surface area contributed by atoms with E-state index in [4.69, 9.17) is 9.47 Å². The van der Waals surface area contributed by atoms with Crippen LogP contribution in [-0.4, -0.2) is 30.9 Å². The van der Waals surface area contributed by atoms with Gasteiger partial charge < -0.3 is 9.47 Å². The Labute approximate surface area is 114 Å². The van der Waals surface area contributed by atoms with E-state index in [0.717, 1.165) is 25.7 Å². The fraction of sp³-hybridized carbons (Fsp3) is 0.786. The van der Waals surface area contributed by atoms with Gasteiger partial charge in [-0.25, -0.2) is 0 Å². The lowest BCUT2D eigenvalue weighted by molar-refractivity contribution is -0.163. The maximum Gasteiger partial charge on any atom is 0.320 e. The average molecular weight is 272 g/mol. The van der Waals surface area contributed by atoms with Gasteiger partial charge in [0.25, 0.3) is 0 Å². The van der Waals surface area contributed by atoms with Crippen molar-refractivity contribution in [2.24, 2.45) is 5.92 Å². The number of ketones is 1. The lowest BCUT2D eigenvalue weighted by Gasteiger charge is -2.14. The van der Waals surface area contributed by atoms with Crippen LogP contribution in [0.3, 0.4) is 0 Å². The van der Waals surface area contributed by atoms with Gasteiger partial charge in [-0.15, -0.1) is 0 Å². The Hall–Kier alpha value is -1.39. The third kappa shape index (κ3) is 8.35. The van der Waals surface area contributed by atoms with E-state index in [1.807, 2.05) is 0 Å². The molecule has 0 saturated carbocycles. The van der Waals surface area contributed by atoms with Crippen LogP contribution in [0.1, 0.15) is 52.9 Å². The smallest absolute Gasteiger partial charge is 0.320 e. The summed E-state index contributed by atoms with van der Waals surface area (Å²) in [5.41, 5.74) is 0. The second-order valence-electron chi connectivity index (χ2n) is 4.46. The molecule has 0 amide bonds. The standard InChI is InChI=1S/C14H24O5/c1-4-6-7-8-9-12(13(16)18-5-2)14(17)19-10-11(3)15/h12H,4-10H2,1-3H3. The fourth-order valence-electron chi connectivity index (χ4n) is 1.62. The molecular weight excluding hydrogens is 248 g/mol. The SMILES string of the molecule is CCCCCCC(C(=O)OCC)C(=O)OCC(C)=O. The van der Waals surface area contributed by atoms with Gasteiger partial charge in [-0.1, -0.05) is 32.6 Å². The number of esters is 2. The normalized spacial score (nSPS) is 11.7. The molecule has 19 heavy (non-hydrogen) atoms. The minimum atomic E-state index is -0.906. The van der Waals surface area contributed by atoms with Gasteiger partial charge in [-0.3, -0.25) is 14.4 Å². The van der Waals surface area contributed by atoms with Crippen molar-refractivity contribution >= 4 is 17.7 Å². The van der Waals surface area contributed by atoms with Crippen molar-refractivity contribution in [3.8, 4) is 0 Å². The van der Waals surface area contributed by atoms with Crippen LogP contribution in [0.4, 0.5) is 0 Å². The summed E-state index contributed by atoms with van der Waals surface area (Å²) in [6.45, 7) is 5.04. The van der Waals surface area contributed by atoms with Gasteiger partial charge in [0, 0.05) is 0 Å². The van der Waals surface area contributed by atoms with Gasteiger partial charge in [0.1, 0.15) is 6.61 Å². The van der Waals surface area contributed by atoms with Crippen molar-refractivity contribution in [1.82, 2.24) is 0 Å². The Kier molecular flexibility index (Phi) is 9.75. The van der Waals surface area contributed by atoms with E-state index in [2.05, 4.69) is 6.92 Å². The number of unbranched alkanes of at least 4 members (excludes halogenated alkanes) is 3. The van der Waals surface area contributed by atoms with Gasteiger partial charge >= 0.3 is 11.9 Å². The monoisotopic (exact) mass is 272 g/mol. The molecule has 1 unspecified atom stereocenters. The maximum atomic E-state index is 11.8. The van der Waals surface area contributed by atoms with Crippen LogP contribution in [0.25, 0.3) is 0 Å². The van der Waals surface area contributed by atoms with E-state index < -0.39 is 17.9 Å². The molecule has 0 aromatic rings. The average Bonchev–Trinajstić information content (AvgIpc) is 2.36. The highest BCUT2D eigenvalue weighted by Gasteiger charge is 2.29. The summed E-state index contributed by atoms with van der Waals surface area (Å²) in [5.74, 6) is -2.38. The van der Waals surface area contributed by atoms with Crippen molar-refractivity contribution in [2.75, 3.05) is 13.2 Å². The molecule has 0 radical (unpaired) electrons. The molecule has 0 rings (SSSR count). The van der Waals surface area contributed by atoms with Crippen LogP contribution >= 0.6 is 0 Å². The largest absolute Gasteiger partial charge is 0.465 e. The van der Waals surface area contributed by atoms with Crippen molar-refractivity contribution in [2.45, 2.75) is 52.9 Å². The molecule has 0 saturated heterocycles. The molecule has 0 aliphatic rings. The summed E-state index contributed by atoms with van der Waals surface area (Å²) in [6, 6.07) is 0. The minimum Gasteiger partial charge on any atom is -0.465 e. The van der Waals surface area contributed by atoms with Gasteiger partial charge in [0.15, 0.2) is 11.7 Å². The summed E-state index contributed by atoms with van der Waals surface area (Å²) in [7, 11) is 0. The first-order chi connectivity index (χ1) is 9.02. The lowest BCUT2D eigenvalue weighted by Crippen LogP contribution is -2.29. The molecule has 0 aromatic heterocycles. The van der Waals surface area contributed by atoms with Crippen molar-refractivity contribution < 1.29 is 23.9 Å². The molecule has 5 heteroatoms. The lowest BCUT2D eigenvalue weighted by atomic mass is 10.0. The highest BCUT2D eigenvalue weighted by atomic mass is 16.6. The third-order valence-corrected chi connectivity index (χ3v) is 2.62. The van der Waals surface area contributed by atoms with Crippen LogP contribution in [0, 0.1) is 5.92 Å². The number of rotatable bonds is 10. The van der Waals surface area contributed by atoms with E-state index in [1.54, 1.807) is 6.92 Å². The number of ether oxygens (including phenoxy) is 2. The van der Waals surface area contributed by atoms with Crippen LogP contribution in [0.15, 0.2) is 0 Å². The van der Waals surface area contributed by atoms with E-state index in [-0.39, 0.29) is 19.0 Å². The molecule has 0 spiro atoms. The van der Waals surface area contributed by atoms with Crippen LogP contribution in [0.5, 0.6) is 0 Å². The quantitative estimate of drug-likeness (QED) is 0.346. The molecule has 0 aromatic carbocycles. The zero-order valence-corrected chi connectivity index (χ0v) is 12.1. The Morgan fingerprint density at radius 2 is 1.58 bits per heavy atom. The molecular formula is C14H24O5. The Bertz CT molecular complexity index is 298. The van der Waals surface area contributed by atoms with Crippen molar-refractivity contribution in [3.63, 3.8) is 0 Å². The second-order valence-corrected chi connectivity index (χ2v) is 4.46. The Morgan fingerprint density at radius 3 is 2.11 bits per heavy atom. The molecule has 0 bridgehead atoms. The summed E-state index contributed by atoms with van der Waals surface area (Å²) in [6.07, 6.45) is 4.30. The van der Waals surface area contributed by atoms with Crippen LogP contribution < -0.4 is 0 Å². The first-order valence-corrected chi connectivity index (χ1v) is 6.85. The zero-order valence-electron chi connectivity index (χ0n) is 12.1. The van der Waals surface area contributed by atoms with Gasteiger partial charge in [0.05, 0.1) is 6.61 Å². The fourth-order valence-corrected chi connectivity index (χ4v) is 1.62. The van der Waals surface area contributed by atoms with E-state index >= 15 is 0 Å². The highest BCUT2D eigenvalue weighted by molar-refractivity contribution is 5.95. The highest BCUT2D eigenvalue weighted by Crippen LogP contribution is 2.14. The molecule has 5 nitrogen and oxygen atoms in total. The van der Waals surface area contributed by atoms with Gasteiger partial charge in [-0.2, -0.15) is 0 Å². The van der Waals surface area contributed by atoms with Crippen molar-refractivity contribution in [3.05, 3.63) is 0 Å². The van der Waals surface area contributed by atoms with E-state index in [1.165, 1.54) is 6.92 Å². The van der Waals surface area contributed by atoms with Crippen LogP contribution in [-0.2, 0) is 23.9 Å². The van der Waals surface area contributed by atoms with Crippen molar-refractivity contribution in [1.29, 1.82) is 0 Å². The summed E-state index contributed by atoms with van der Waals surface area (Å²) in [4.78, 5) is 34.2. The Balaban J connectivity index is 4.34. The molecule has 110 valence electrons. The number of carbonyl (C=O) groups excluding carboxylic acids is 3. The summed E-state index contributed by atoms with van der Waals surface area (Å²) in [5, 5.41) is 0. The Morgan fingerprint density at radius 1 is 0.947 bits per heavy atom. The third-order valence-electron chi connectivity index (χ3n) is 2.62. The second kappa shape index (κ2) is 10.5. The minimum absolute atomic E-state index is 0.226. The summed E-state index contributed by atoms with van der Waals surface area (Å²) >= 11 is 0. The first-order valence-electron chi connectivity index (χ1n) is 6.85. The van der Waals surface area contributed by atoms with Gasteiger partial charge in [-0.05, 0) is 20.3 Å². The number of Topliss-reactive ketones (excluding diaryl/α,β-unsaturated/α-hetero) is 1. The number of hydrogen-bond acceptors (Lipinski definition) is 5. The van der Waals surface area contributed by atoms with E-state index in [9.17, 15) is 14.4 Å². The number of hydrogen-bond donors (Lipinski definition) is 0. The first kappa shape index (κ1) is 17.6. The molecule has 1 atom stereocenters. The zero-order chi connectivity index (χ0) is 14.7. The topological polar surface area (TPSA) is 69.7 Å². The number of carbonyl (C=O) groups is 3. The molecule has 0 N–H and O–H groups in total. The predicted octanol–water partition coefficient (Wildman–Crippen LogP) is 2.27. The molecule has 0 aliphatic heterocycles. The molecule has 0 heterocycles. The van der Waals surface area contributed by atoms with Crippen LogP contribution in [0.2, 0.25) is 0 Å². The summed E-state index contributed by atoms with van der Waals surface area (Å²) < 4.78 is 9.67. The molecule has 0 fully saturated rings. The van der Waals surface area contributed by atoms with Gasteiger partial charge in [0.2, 0.25) is 0 Å².